The number of ether oxygens (including phenoxy) is 2. The smallest absolute Gasteiger partial charge is 0.266 e. The van der Waals surface area contributed by atoms with Gasteiger partial charge in [-0.1, -0.05) is 43.0 Å². The molecule has 24 heavy (non-hydrogen) atoms. The predicted molar refractivity (Wildman–Crippen MR) is 101 cm³/mol. The molecule has 1 fully saturated rings. The lowest BCUT2D eigenvalue weighted by molar-refractivity contribution is -0.123. The molecule has 0 aliphatic carbocycles. The number of hydrogen-bond donors (Lipinski definition) is 0. The number of carbonyl (C=O) groups is 1. The second-order valence-electron chi connectivity index (χ2n) is 5.70. The third-order valence-electron chi connectivity index (χ3n) is 4.12. The Kier molecular flexibility index (Phi) is 4.96. The Morgan fingerprint density at radius 1 is 1.50 bits per heavy atom. The predicted octanol–water partition coefficient (Wildman–Crippen LogP) is 4.01. The second kappa shape index (κ2) is 6.99. The number of fused-ring (bicyclic) bond motifs is 1. The highest BCUT2D eigenvalue weighted by atomic mass is 32.2. The van der Waals surface area contributed by atoms with Crippen molar-refractivity contribution in [1.82, 2.24) is 4.90 Å². The molecule has 1 atom stereocenters. The van der Waals surface area contributed by atoms with Crippen LogP contribution in [0, 0.1) is 0 Å². The van der Waals surface area contributed by atoms with Crippen LogP contribution < -0.4 is 9.47 Å². The summed E-state index contributed by atoms with van der Waals surface area (Å²) >= 11 is 6.72. The average Bonchev–Trinajstić information content (AvgIpc) is 2.87. The van der Waals surface area contributed by atoms with Gasteiger partial charge in [-0.25, -0.2) is 0 Å². The highest BCUT2D eigenvalue weighted by Crippen LogP contribution is 2.38. The highest BCUT2D eigenvalue weighted by Gasteiger charge is 2.34. The van der Waals surface area contributed by atoms with Gasteiger partial charge in [-0.3, -0.25) is 9.69 Å². The summed E-state index contributed by atoms with van der Waals surface area (Å²) in [7, 11) is 1.62. The number of carbonyl (C=O) groups excluding carboxylic acids is 1. The van der Waals surface area contributed by atoms with Crippen molar-refractivity contribution in [2.45, 2.75) is 26.3 Å². The molecule has 1 unspecified atom stereocenters. The van der Waals surface area contributed by atoms with Crippen molar-refractivity contribution >= 4 is 40.3 Å². The molecular weight excluding hydrogens is 342 g/mol. The first kappa shape index (κ1) is 17.0. The number of nitrogens with zero attached hydrogens (tertiary/aromatic N) is 1. The number of amides is 1. The first-order valence-corrected chi connectivity index (χ1v) is 9.05. The molecule has 0 radical (unpaired) electrons. The van der Waals surface area contributed by atoms with Gasteiger partial charge < -0.3 is 9.47 Å². The third kappa shape index (κ3) is 3.08. The standard InChI is InChI=1S/C18H19NO3S2/c1-4-11(2)19-17(20)15(24-18(19)23)9-12-8-13-6-5-7-14(21-3)16(13)22-10-12/h5-9,11H,4,10H2,1-3H3. The maximum Gasteiger partial charge on any atom is 0.266 e. The highest BCUT2D eigenvalue weighted by molar-refractivity contribution is 8.26. The summed E-state index contributed by atoms with van der Waals surface area (Å²) in [5.41, 5.74) is 1.89. The van der Waals surface area contributed by atoms with Crippen molar-refractivity contribution in [3.8, 4) is 11.5 Å². The van der Waals surface area contributed by atoms with Gasteiger partial charge in [0.05, 0.1) is 12.0 Å². The first-order chi connectivity index (χ1) is 11.5. The van der Waals surface area contributed by atoms with Crippen molar-refractivity contribution in [2.75, 3.05) is 13.7 Å². The van der Waals surface area contributed by atoms with E-state index in [-0.39, 0.29) is 11.9 Å². The summed E-state index contributed by atoms with van der Waals surface area (Å²) in [6.07, 6.45) is 4.78. The van der Waals surface area contributed by atoms with E-state index in [1.807, 2.05) is 37.3 Å². The van der Waals surface area contributed by atoms with Crippen LogP contribution in [0.3, 0.4) is 0 Å². The Hall–Kier alpha value is -1.79. The molecule has 6 heteroatoms. The topological polar surface area (TPSA) is 38.8 Å². The average molecular weight is 361 g/mol. The fraction of sp³-hybridized carbons (Fsp3) is 0.333. The second-order valence-corrected chi connectivity index (χ2v) is 7.37. The molecule has 0 bridgehead atoms. The van der Waals surface area contributed by atoms with E-state index in [1.54, 1.807) is 12.0 Å². The normalized spacial score (nSPS) is 19.9. The first-order valence-electron chi connectivity index (χ1n) is 7.82. The zero-order chi connectivity index (χ0) is 17.3. The van der Waals surface area contributed by atoms with Crippen molar-refractivity contribution in [2.24, 2.45) is 0 Å². The van der Waals surface area contributed by atoms with Crippen LogP contribution in [-0.2, 0) is 4.79 Å². The quantitative estimate of drug-likeness (QED) is 0.598. The van der Waals surface area contributed by atoms with Gasteiger partial charge in [-0.15, -0.1) is 0 Å². The maximum absolute atomic E-state index is 12.6. The van der Waals surface area contributed by atoms with Crippen LogP contribution in [0.4, 0.5) is 0 Å². The van der Waals surface area contributed by atoms with E-state index in [0.29, 0.717) is 21.6 Å². The minimum Gasteiger partial charge on any atom is -0.493 e. The Morgan fingerprint density at radius 2 is 2.29 bits per heavy atom. The monoisotopic (exact) mass is 361 g/mol. The molecule has 1 aromatic carbocycles. The molecule has 2 aliphatic rings. The number of benzene rings is 1. The van der Waals surface area contributed by atoms with Crippen LogP contribution in [-0.4, -0.2) is 34.9 Å². The maximum atomic E-state index is 12.6. The minimum absolute atomic E-state index is 0.0170. The number of thioether (sulfide) groups is 1. The van der Waals surface area contributed by atoms with Crippen LogP contribution >= 0.6 is 24.0 Å². The minimum atomic E-state index is -0.0170. The van der Waals surface area contributed by atoms with E-state index in [2.05, 4.69) is 6.92 Å². The van der Waals surface area contributed by atoms with Crippen LogP contribution in [0.1, 0.15) is 25.8 Å². The summed E-state index contributed by atoms with van der Waals surface area (Å²) in [5.74, 6) is 1.44. The summed E-state index contributed by atoms with van der Waals surface area (Å²) < 4.78 is 11.8. The lowest BCUT2D eigenvalue weighted by Gasteiger charge is -2.21. The Labute approximate surface area is 151 Å². The summed E-state index contributed by atoms with van der Waals surface area (Å²) in [5, 5.41) is 0. The summed E-state index contributed by atoms with van der Waals surface area (Å²) in [4.78, 5) is 15.0. The largest absolute Gasteiger partial charge is 0.493 e. The SMILES string of the molecule is CCC(C)N1C(=O)C(=CC2=Cc3cccc(OC)c3OC2)SC1=S. The summed E-state index contributed by atoms with van der Waals surface area (Å²) in [6.45, 7) is 4.47. The molecule has 1 aromatic rings. The van der Waals surface area contributed by atoms with Gasteiger partial charge >= 0.3 is 0 Å². The van der Waals surface area contributed by atoms with Gasteiger partial charge in [0, 0.05) is 11.6 Å². The van der Waals surface area contributed by atoms with Crippen molar-refractivity contribution < 1.29 is 14.3 Å². The van der Waals surface area contributed by atoms with Crippen LogP contribution in [0.5, 0.6) is 11.5 Å². The van der Waals surface area contributed by atoms with Gasteiger partial charge in [0.1, 0.15) is 10.9 Å². The van der Waals surface area contributed by atoms with Crippen molar-refractivity contribution in [3.05, 3.63) is 40.3 Å². The number of rotatable bonds is 4. The van der Waals surface area contributed by atoms with E-state index < -0.39 is 0 Å². The van der Waals surface area contributed by atoms with E-state index in [9.17, 15) is 4.79 Å². The van der Waals surface area contributed by atoms with Crippen LogP contribution in [0.25, 0.3) is 6.08 Å². The van der Waals surface area contributed by atoms with Crippen LogP contribution in [0.15, 0.2) is 34.8 Å². The molecular formula is C18H19NO3S2. The van der Waals surface area contributed by atoms with Gasteiger partial charge in [0.2, 0.25) is 0 Å². The van der Waals surface area contributed by atoms with Crippen molar-refractivity contribution in [1.29, 1.82) is 0 Å². The van der Waals surface area contributed by atoms with E-state index in [1.165, 1.54) is 11.8 Å². The molecule has 0 saturated carbocycles. The molecule has 0 spiro atoms. The van der Waals surface area contributed by atoms with Gasteiger partial charge in [0.15, 0.2) is 11.5 Å². The number of thiocarbonyl (C=S) groups is 1. The molecule has 3 rings (SSSR count). The fourth-order valence-corrected chi connectivity index (χ4v) is 4.13. The molecule has 4 nitrogen and oxygen atoms in total. The molecule has 1 amide bonds. The van der Waals surface area contributed by atoms with E-state index in [0.717, 1.165) is 23.3 Å². The Bertz CT molecular complexity index is 755. The van der Waals surface area contributed by atoms with Crippen molar-refractivity contribution in [3.63, 3.8) is 0 Å². The molecule has 2 aliphatic heterocycles. The number of para-hydroxylation sites is 1. The summed E-state index contributed by atoms with van der Waals surface area (Å²) in [6, 6.07) is 5.87. The Balaban J connectivity index is 1.88. The number of methoxy groups -OCH3 is 1. The lowest BCUT2D eigenvalue weighted by Crippen LogP contribution is -2.36. The van der Waals surface area contributed by atoms with Gasteiger partial charge in [-0.2, -0.15) is 0 Å². The molecule has 126 valence electrons. The van der Waals surface area contributed by atoms with Gasteiger partial charge in [-0.05, 0) is 37.1 Å². The molecule has 2 heterocycles. The zero-order valence-corrected chi connectivity index (χ0v) is 15.5. The van der Waals surface area contributed by atoms with Crippen LogP contribution in [0.2, 0.25) is 0 Å². The molecule has 0 N–H and O–H groups in total. The lowest BCUT2D eigenvalue weighted by atomic mass is 10.1. The molecule has 1 saturated heterocycles. The van der Waals surface area contributed by atoms with Gasteiger partial charge in [0.25, 0.3) is 5.91 Å². The Morgan fingerprint density at radius 3 is 3.00 bits per heavy atom. The van der Waals surface area contributed by atoms with E-state index in [4.69, 9.17) is 21.7 Å². The zero-order valence-electron chi connectivity index (χ0n) is 13.9. The number of hydrogen-bond acceptors (Lipinski definition) is 5. The molecule has 0 aromatic heterocycles. The van der Waals surface area contributed by atoms with E-state index >= 15 is 0 Å². The fourth-order valence-electron chi connectivity index (χ4n) is 2.65. The third-order valence-corrected chi connectivity index (χ3v) is 5.46.